The van der Waals surface area contributed by atoms with Crippen molar-refractivity contribution in [1.82, 2.24) is 14.8 Å². The van der Waals surface area contributed by atoms with Crippen molar-refractivity contribution in [3.63, 3.8) is 0 Å². The van der Waals surface area contributed by atoms with Crippen molar-refractivity contribution >= 4 is 50.8 Å². The lowest BCUT2D eigenvalue weighted by molar-refractivity contribution is 0.0372. The Labute approximate surface area is 259 Å². The third-order valence-electron chi connectivity index (χ3n) is 7.57. The molecule has 0 spiro atoms. The molecule has 0 unspecified atom stereocenters. The number of nitrogens with one attached hydrogen (secondary N) is 2. The molecule has 0 saturated heterocycles. The Hall–Kier alpha value is -4.68. The van der Waals surface area contributed by atoms with Gasteiger partial charge in [-0.1, -0.05) is 25.1 Å². The molecule has 3 atom stereocenters. The van der Waals surface area contributed by atoms with Crippen molar-refractivity contribution in [2.45, 2.75) is 26.0 Å². The van der Waals surface area contributed by atoms with Crippen molar-refractivity contribution in [2.75, 3.05) is 44.5 Å². The van der Waals surface area contributed by atoms with Gasteiger partial charge in [-0.2, -0.15) is 0 Å². The molecule has 1 aromatic heterocycles. The molecule has 0 radical (unpaired) electrons. The number of benzene rings is 3. The number of carbonyl (C=O) groups is 3. The van der Waals surface area contributed by atoms with E-state index in [9.17, 15) is 19.5 Å². The molecule has 44 heavy (non-hydrogen) atoms. The molecule has 0 aliphatic carbocycles. The highest BCUT2D eigenvalue weighted by atomic mass is 32.1. The summed E-state index contributed by atoms with van der Waals surface area (Å²) in [6.07, 6.45) is -0.567. The van der Waals surface area contributed by atoms with E-state index in [0.29, 0.717) is 23.7 Å². The number of rotatable bonds is 8. The summed E-state index contributed by atoms with van der Waals surface area (Å²) < 4.78 is 12.6. The van der Waals surface area contributed by atoms with Gasteiger partial charge in [-0.05, 0) is 55.5 Å². The molecule has 1 aliphatic heterocycles. The summed E-state index contributed by atoms with van der Waals surface area (Å²) in [7, 11) is 3.23. The van der Waals surface area contributed by atoms with E-state index in [1.54, 1.807) is 68.4 Å². The first-order valence-corrected chi connectivity index (χ1v) is 15.0. The third kappa shape index (κ3) is 6.61. The number of carbonyl (C=O) groups excluding carboxylic acids is 3. The lowest BCUT2D eigenvalue weighted by Gasteiger charge is -2.38. The smallest absolute Gasteiger partial charge is 0.321 e. The topological polar surface area (TPSA) is 133 Å². The Bertz CT molecular complexity index is 1630. The summed E-state index contributed by atoms with van der Waals surface area (Å²) in [5.74, 6) is -0.130. The van der Waals surface area contributed by atoms with E-state index in [2.05, 4.69) is 15.6 Å². The zero-order valence-corrected chi connectivity index (χ0v) is 25.8. The normalized spacial score (nSPS) is 17.1. The zero-order chi connectivity index (χ0) is 31.4. The van der Waals surface area contributed by atoms with E-state index in [1.807, 2.05) is 31.2 Å². The Balaban J connectivity index is 1.43. The zero-order valence-electron chi connectivity index (χ0n) is 24.9. The Morgan fingerprint density at radius 1 is 1.14 bits per heavy atom. The van der Waals surface area contributed by atoms with Crippen molar-refractivity contribution in [3.8, 4) is 11.5 Å². The van der Waals surface area contributed by atoms with E-state index in [4.69, 9.17) is 9.47 Å². The second kappa shape index (κ2) is 13.3. The highest BCUT2D eigenvalue weighted by Gasteiger charge is 2.35. The number of para-hydroxylation sites is 2. The lowest BCUT2D eigenvalue weighted by Crippen LogP contribution is -2.50. The third-order valence-corrected chi connectivity index (χ3v) is 8.60. The van der Waals surface area contributed by atoms with E-state index >= 15 is 0 Å². The molecular formula is C32H35N5O6S. The van der Waals surface area contributed by atoms with Crippen LogP contribution in [0.5, 0.6) is 11.5 Å². The quantitative estimate of drug-likeness (QED) is 0.255. The van der Waals surface area contributed by atoms with Gasteiger partial charge >= 0.3 is 6.03 Å². The summed E-state index contributed by atoms with van der Waals surface area (Å²) in [5.41, 5.74) is 1.87. The van der Waals surface area contributed by atoms with Crippen LogP contribution in [-0.2, 0) is 0 Å². The highest BCUT2D eigenvalue weighted by molar-refractivity contribution is 7.20. The average Bonchev–Trinajstić information content (AvgIpc) is 3.47. The second-order valence-corrected chi connectivity index (χ2v) is 11.8. The number of hydrogen-bond acceptors (Lipinski definition) is 8. The Kier molecular flexibility index (Phi) is 9.31. The molecule has 3 aromatic carbocycles. The molecular weight excluding hydrogens is 582 g/mol. The van der Waals surface area contributed by atoms with Gasteiger partial charge < -0.3 is 35.0 Å². The van der Waals surface area contributed by atoms with E-state index in [-0.39, 0.29) is 47.3 Å². The van der Waals surface area contributed by atoms with Crippen LogP contribution in [0.15, 0.2) is 66.7 Å². The van der Waals surface area contributed by atoms with Crippen LogP contribution >= 0.6 is 11.3 Å². The molecule has 1 aliphatic rings. The maximum atomic E-state index is 13.8. The molecule has 2 heterocycles. The molecule has 0 fully saturated rings. The van der Waals surface area contributed by atoms with E-state index in [1.165, 1.54) is 16.2 Å². The molecule has 230 valence electrons. The van der Waals surface area contributed by atoms with E-state index < -0.39 is 18.1 Å². The molecule has 4 aromatic rings. The predicted octanol–water partition coefficient (Wildman–Crippen LogP) is 4.94. The maximum Gasteiger partial charge on any atom is 0.321 e. The van der Waals surface area contributed by atoms with Gasteiger partial charge in [0.05, 0.1) is 47.8 Å². The van der Waals surface area contributed by atoms with Crippen LogP contribution < -0.4 is 20.1 Å². The van der Waals surface area contributed by atoms with Crippen molar-refractivity contribution in [2.24, 2.45) is 5.92 Å². The lowest BCUT2D eigenvalue weighted by atomic mass is 9.99. The number of hydrogen-bond donors (Lipinski definition) is 3. The maximum absolute atomic E-state index is 13.8. The van der Waals surface area contributed by atoms with Gasteiger partial charge in [0.15, 0.2) is 10.8 Å². The fraction of sp³-hybridized carbons (Fsp3) is 0.312. The first kappa shape index (κ1) is 30.8. The van der Waals surface area contributed by atoms with E-state index in [0.717, 1.165) is 10.2 Å². The number of aliphatic hydroxyl groups is 1. The minimum Gasteiger partial charge on any atom is -0.497 e. The summed E-state index contributed by atoms with van der Waals surface area (Å²) >= 11 is 1.27. The number of amides is 4. The van der Waals surface area contributed by atoms with Crippen molar-refractivity contribution in [3.05, 3.63) is 77.3 Å². The average molecular weight is 618 g/mol. The van der Waals surface area contributed by atoms with Crippen LogP contribution in [0.2, 0.25) is 0 Å². The number of urea groups is 1. The molecule has 4 amide bonds. The van der Waals surface area contributed by atoms with Gasteiger partial charge in [0.1, 0.15) is 11.9 Å². The van der Waals surface area contributed by atoms with Crippen molar-refractivity contribution < 1.29 is 29.0 Å². The van der Waals surface area contributed by atoms with Crippen molar-refractivity contribution in [1.29, 1.82) is 0 Å². The van der Waals surface area contributed by atoms with Gasteiger partial charge in [0.2, 0.25) is 0 Å². The van der Waals surface area contributed by atoms with Gasteiger partial charge in [0.25, 0.3) is 11.8 Å². The Morgan fingerprint density at radius 2 is 1.89 bits per heavy atom. The number of methoxy groups -OCH3 is 1. The molecule has 0 bridgehead atoms. The number of likely N-dealkylation sites (N-methyl/N-ethyl adjacent to an activating group) is 1. The Morgan fingerprint density at radius 3 is 2.59 bits per heavy atom. The summed E-state index contributed by atoms with van der Waals surface area (Å²) in [5, 5.41) is 16.0. The van der Waals surface area contributed by atoms with Crippen LogP contribution in [-0.4, -0.2) is 83.7 Å². The number of nitrogens with zero attached hydrogens (tertiary/aromatic N) is 3. The fourth-order valence-corrected chi connectivity index (χ4v) is 5.81. The number of fused-ring (bicyclic) bond motifs is 2. The molecule has 11 nitrogen and oxygen atoms in total. The number of aliphatic hydroxyl groups excluding tert-OH is 1. The number of anilines is 2. The van der Waals surface area contributed by atoms with Crippen LogP contribution in [0.4, 0.5) is 16.2 Å². The van der Waals surface area contributed by atoms with Crippen LogP contribution in [0.1, 0.15) is 34.0 Å². The molecule has 3 N–H and O–H groups in total. The first-order valence-electron chi connectivity index (χ1n) is 14.2. The summed E-state index contributed by atoms with van der Waals surface area (Å²) in [6, 6.07) is 18.6. The van der Waals surface area contributed by atoms with Crippen LogP contribution in [0.3, 0.4) is 0 Å². The molecule has 12 heteroatoms. The first-order chi connectivity index (χ1) is 21.2. The van der Waals surface area contributed by atoms with Crippen LogP contribution in [0, 0.1) is 5.92 Å². The number of ether oxygens (including phenoxy) is 2. The van der Waals surface area contributed by atoms with Gasteiger partial charge in [-0.15, -0.1) is 11.3 Å². The van der Waals surface area contributed by atoms with Gasteiger partial charge in [-0.3, -0.25) is 9.59 Å². The predicted molar refractivity (Wildman–Crippen MR) is 170 cm³/mol. The molecule has 5 rings (SSSR count). The number of aromatic nitrogens is 1. The van der Waals surface area contributed by atoms with Gasteiger partial charge in [-0.25, -0.2) is 9.78 Å². The number of thiazole rings is 1. The van der Waals surface area contributed by atoms with Crippen LogP contribution in [0.25, 0.3) is 10.2 Å². The van der Waals surface area contributed by atoms with Gasteiger partial charge in [0, 0.05) is 25.2 Å². The summed E-state index contributed by atoms with van der Waals surface area (Å²) in [6.45, 7) is 3.95. The second-order valence-electron chi connectivity index (χ2n) is 10.8. The standard InChI is InChI=1S/C32H35N5O6S/c1-19-16-37(20(2)18-38)31(40)23-8-7-10-25(34-29(39)30-35-24-9-5-6-11-27(24)44-30)28(23)43-26(19)17-36(3)32(41)33-21-12-14-22(42-4)15-13-21/h5-15,19-20,26,38H,16-18H2,1-4H3,(H,33,41)(H,34,39)/t19-,20+,26-/m1/s1. The minimum absolute atomic E-state index is 0.179. The SMILES string of the molecule is COc1ccc(NC(=O)N(C)C[C@H]2Oc3c(NC(=O)c4nc5ccccc5s4)cccc3C(=O)N([C@@H](C)CO)C[C@H]2C)cc1. The monoisotopic (exact) mass is 617 g/mol. The minimum atomic E-state index is -0.567. The molecule has 0 saturated carbocycles. The highest BCUT2D eigenvalue weighted by Crippen LogP contribution is 2.35. The largest absolute Gasteiger partial charge is 0.497 e. The fourth-order valence-electron chi connectivity index (χ4n) is 4.95. The summed E-state index contributed by atoms with van der Waals surface area (Å²) in [4.78, 5) is 47.8.